The first-order valence-electron chi connectivity index (χ1n) is 7.43. The van der Waals surface area contributed by atoms with E-state index in [1.165, 1.54) is 0 Å². The molecular formula is C16H23ClN2O3. The fraction of sp³-hybridized carbons (Fsp3) is 0.500. The van der Waals surface area contributed by atoms with Gasteiger partial charge in [0, 0.05) is 5.69 Å². The van der Waals surface area contributed by atoms with Gasteiger partial charge in [-0.2, -0.15) is 0 Å². The molecule has 1 fully saturated rings. The number of ether oxygens (including phenoxy) is 1. The zero-order valence-corrected chi connectivity index (χ0v) is 13.6. The molecule has 0 aliphatic heterocycles. The highest BCUT2D eigenvalue weighted by Gasteiger charge is 2.35. The van der Waals surface area contributed by atoms with E-state index in [2.05, 4.69) is 5.32 Å². The van der Waals surface area contributed by atoms with Crippen molar-refractivity contribution >= 4 is 30.0 Å². The summed E-state index contributed by atoms with van der Waals surface area (Å²) in [6, 6.07) is 6.65. The van der Waals surface area contributed by atoms with Crippen LogP contribution in [0.4, 0.5) is 5.69 Å². The molecule has 122 valence electrons. The lowest BCUT2D eigenvalue weighted by atomic mass is 9.82. The van der Waals surface area contributed by atoms with Crippen molar-refractivity contribution in [1.82, 2.24) is 0 Å². The van der Waals surface area contributed by atoms with Crippen LogP contribution >= 0.6 is 12.4 Å². The fourth-order valence-electron chi connectivity index (χ4n) is 2.57. The highest BCUT2D eigenvalue weighted by molar-refractivity contribution is 5.98. The quantitative estimate of drug-likeness (QED) is 0.834. The zero-order chi connectivity index (χ0) is 15.3. The number of amides is 1. The Labute approximate surface area is 137 Å². The Hall–Kier alpha value is -1.59. The van der Waals surface area contributed by atoms with Gasteiger partial charge in [0.05, 0.1) is 17.7 Å². The number of esters is 1. The molecule has 1 aromatic rings. The van der Waals surface area contributed by atoms with Gasteiger partial charge < -0.3 is 15.8 Å². The van der Waals surface area contributed by atoms with Gasteiger partial charge in [0.15, 0.2) is 0 Å². The topological polar surface area (TPSA) is 81.4 Å². The summed E-state index contributed by atoms with van der Waals surface area (Å²) < 4.78 is 4.91. The van der Waals surface area contributed by atoms with Crippen LogP contribution in [0.15, 0.2) is 24.3 Å². The second kappa shape index (κ2) is 8.15. The minimum atomic E-state index is -0.766. The standard InChI is InChI=1S/C16H22N2O3.ClH/c1-2-21-14(19)12-6-8-13(9-7-12)18-15(20)16(17)10-4-3-5-11-16;/h6-9H,2-5,10-11,17H2,1H3,(H,18,20);1H. The van der Waals surface area contributed by atoms with Crippen molar-refractivity contribution in [2.45, 2.75) is 44.6 Å². The second-order valence-electron chi connectivity index (χ2n) is 5.47. The molecule has 1 amide bonds. The first kappa shape index (κ1) is 18.5. The van der Waals surface area contributed by atoms with E-state index in [1.807, 2.05) is 0 Å². The van der Waals surface area contributed by atoms with Crippen LogP contribution in [-0.4, -0.2) is 24.0 Å². The number of hydrogen-bond acceptors (Lipinski definition) is 4. The lowest BCUT2D eigenvalue weighted by Crippen LogP contribution is -2.52. The van der Waals surface area contributed by atoms with Crippen LogP contribution in [0.25, 0.3) is 0 Å². The van der Waals surface area contributed by atoms with E-state index in [-0.39, 0.29) is 24.3 Å². The third-order valence-electron chi connectivity index (χ3n) is 3.85. The van der Waals surface area contributed by atoms with Gasteiger partial charge in [0.1, 0.15) is 0 Å². The SMILES string of the molecule is CCOC(=O)c1ccc(NC(=O)C2(N)CCCCC2)cc1.Cl. The summed E-state index contributed by atoms with van der Waals surface area (Å²) in [4.78, 5) is 23.8. The van der Waals surface area contributed by atoms with Gasteiger partial charge in [-0.15, -0.1) is 12.4 Å². The number of halogens is 1. The van der Waals surface area contributed by atoms with Crippen LogP contribution in [0.1, 0.15) is 49.4 Å². The van der Waals surface area contributed by atoms with Gasteiger partial charge >= 0.3 is 5.97 Å². The van der Waals surface area contributed by atoms with Crippen LogP contribution in [0.3, 0.4) is 0 Å². The van der Waals surface area contributed by atoms with Crippen molar-refractivity contribution in [3.8, 4) is 0 Å². The predicted octanol–water partition coefficient (Wildman–Crippen LogP) is 2.89. The molecule has 5 nitrogen and oxygen atoms in total. The van der Waals surface area contributed by atoms with Crippen molar-refractivity contribution in [2.24, 2.45) is 5.73 Å². The van der Waals surface area contributed by atoms with E-state index >= 15 is 0 Å². The highest BCUT2D eigenvalue weighted by atomic mass is 35.5. The molecule has 6 heteroatoms. The van der Waals surface area contributed by atoms with Crippen LogP contribution in [-0.2, 0) is 9.53 Å². The molecule has 1 aliphatic carbocycles. The molecule has 22 heavy (non-hydrogen) atoms. The molecule has 1 aromatic carbocycles. The maximum Gasteiger partial charge on any atom is 0.338 e. The van der Waals surface area contributed by atoms with Crippen molar-refractivity contribution in [1.29, 1.82) is 0 Å². The molecule has 0 unspecified atom stereocenters. The van der Waals surface area contributed by atoms with Crippen LogP contribution in [0.5, 0.6) is 0 Å². The number of carbonyl (C=O) groups excluding carboxylic acids is 2. The average molecular weight is 327 g/mol. The van der Waals surface area contributed by atoms with Gasteiger partial charge in [0.25, 0.3) is 0 Å². The average Bonchev–Trinajstić information content (AvgIpc) is 2.49. The minimum Gasteiger partial charge on any atom is -0.462 e. The van der Waals surface area contributed by atoms with Crippen LogP contribution in [0, 0.1) is 0 Å². The van der Waals surface area contributed by atoms with Gasteiger partial charge in [-0.25, -0.2) is 4.79 Å². The molecular weight excluding hydrogens is 304 g/mol. The van der Waals surface area contributed by atoms with Crippen LogP contribution < -0.4 is 11.1 Å². The van der Waals surface area contributed by atoms with Gasteiger partial charge in [-0.05, 0) is 44.0 Å². The smallest absolute Gasteiger partial charge is 0.338 e. The van der Waals surface area contributed by atoms with E-state index < -0.39 is 5.54 Å². The number of hydrogen-bond donors (Lipinski definition) is 2. The van der Waals surface area contributed by atoms with Gasteiger partial charge in [-0.1, -0.05) is 19.3 Å². The lowest BCUT2D eigenvalue weighted by molar-refractivity contribution is -0.122. The lowest BCUT2D eigenvalue weighted by Gasteiger charge is -2.31. The van der Waals surface area contributed by atoms with E-state index in [9.17, 15) is 9.59 Å². The molecule has 0 bridgehead atoms. The summed E-state index contributed by atoms with van der Waals surface area (Å²) in [5, 5.41) is 2.83. The maximum atomic E-state index is 12.3. The van der Waals surface area contributed by atoms with Crippen molar-refractivity contribution in [2.75, 3.05) is 11.9 Å². The Balaban J connectivity index is 0.00000242. The van der Waals surface area contributed by atoms with Crippen LogP contribution in [0.2, 0.25) is 0 Å². The van der Waals surface area contributed by atoms with E-state index in [1.54, 1.807) is 31.2 Å². The number of rotatable bonds is 4. The molecule has 0 radical (unpaired) electrons. The fourth-order valence-corrected chi connectivity index (χ4v) is 2.57. The minimum absolute atomic E-state index is 0. The summed E-state index contributed by atoms with van der Waals surface area (Å²) in [6.45, 7) is 2.10. The first-order valence-corrected chi connectivity index (χ1v) is 7.43. The Morgan fingerprint density at radius 3 is 2.32 bits per heavy atom. The van der Waals surface area contributed by atoms with Crippen molar-refractivity contribution < 1.29 is 14.3 Å². The second-order valence-corrected chi connectivity index (χ2v) is 5.47. The monoisotopic (exact) mass is 326 g/mol. The molecule has 3 N–H and O–H groups in total. The largest absolute Gasteiger partial charge is 0.462 e. The number of benzene rings is 1. The van der Waals surface area contributed by atoms with Crippen molar-refractivity contribution in [3.05, 3.63) is 29.8 Å². The van der Waals surface area contributed by atoms with Gasteiger partial charge in [-0.3, -0.25) is 4.79 Å². The molecule has 0 saturated heterocycles. The van der Waals surface area contributed by atoms with E-state index in [4.69, 9.17) is 10.5 Å². The molecule has 0 spiro atoms. The third-order valence-corrected chi connectivity index (χ3v) is 3.85. The van der Waals surface area contributed by atoms with E-state index in [0.717, 1.165) is 32.1 Å². The molecule has 0 atom stereocenters. The third kappa shape index (κ3) is 4.45. The molecule has 2 rings (SSSR count). The summed E-state index contributed by atoms with van der Waals surface area (Å²) in [7, 11) is 0. The molecule has 1 aliphatic rings. The summed E-state index contributed by atoms with van der Waals surface area (Å²) in [5.74, 6) is -0.510. The Kier molecular flexibility index (Phi) is 6.84. The molecule has 1 saturated carbocycles. The summed E-state index contributed by atoms with van der Waals surface area (Å²) in [5.41, 5.74) is 6.53. The normalized spacial score (nSPS) is 16.3. The van der Waals surface area contributed by atoms with Gasteiger partial charge in [0.2, 0.25) is 5.91 Å². The van der Waals surface area contributed by atoms with Crippen molar-refractivity contribution in [3.63, 3.8) is 0 Å². The number of nitrogens with two attached hydrogens (primary N) is 1. The Morgan fingerprint density at radius 2 is 1.77 bits per heavy atom. The maximum absolute atomic E-state index is 12.3. The Morgan fingerprint density at radius 1 is 1.18 bits per heavy atom. The summed E-state index contributed by atoms with van der Waals surface area (Å²) >= 11 is 0. The zero-order valence-electron chi connectivity index (χ0n) is 12.8. The number of nitrogens with one attached hydrogen (secondary N) is 1. The predicted molar refractivity (Wildman–Crippen MR) is 88.3 cm³/mol. The highest BCUT2D eigenvalue weighted by Crippen LogP contribution is 2.27. The van der Waals surface area contributed by atoms with E-state index in [0.29, 0.717) is 17.9 Å². The number of carbonyl (C=O) groups is 2. The molecule has 0 aromatic heterocycles. The first-order chi connectivity index (χ1) is 10.0. The number of anilines is 1. The molecule has 0 heterocycles. The Bertz CT molecular complexity index is 511. The summed E-state index contributed by atoms with van der Waals surface area (Å²) in [6.07, 6.45) is 4.57.